The molecule has 0 aliphatic carbocycles. The quantitative estimate of drug-likeness (QED) is 0.125. The molecule has 0 aromatic carbocycles. The van der Waals surface area contributed by atoms with Crippen LogP contribution in [0.1, 0.15) is 104 Å². The van der Waals surface area contributed by atoms with Crippen LogP contribution in [0, 0.1) is 0 Å². The zero-order valence-electron chi connectivity index (χ0n) is 18.8. The molecule has 0 spiro atoms. The highest BCUT2D eigenvalue weighted by atomic mass is 16.6. The van der Waals surface area contributed by atoms with Crippen LogP contribution in [0.5, 0.6) is 0 Å². The first kappa shape index (κ1) is 27.3. The molecule has 0 fully saturated rings. The van der Waals surface area contributed by atoms with E-state index >= 15 is 0 Å². The van der Waals surface area contributed by atoms with E-state index in [-0.39, 0.29) is 19.8 Å². The zero-order chi connectivity index (χ0) is 21.7. The lowest BCUT2D eigenvalue weighted by Crippen LogP contribution is -2.30. The molecular formula is C23H41O6-. The molecule has 0 aliphatic heterocycles. The van der Waals surface area contributed by atoms with Crippen molar-refractivity contribution in [3.8, 4) is 0 Å². The molecule has 0 saturated carbocycles. The Hall–Kier alpha value is -1.72. The molecule has 0 unspecified atom stereocenters. The topological polar surface area (TPSA) is 84.9 Å². The highest BCUT2D eigenvalue weighted by Crippen LogP contribution is 2.13. The van der Waals surface area contributed by atoms with Crippen molar-refractivity contribution >= 4 is 11.9 Å². The summed E-state index contributed by atoms with van der Waals surface area (Å²) in [6, 6.07) is 0. The summed E-state index contributed by atoms with van der Waals surface area (Å²) in [6.45, 7) is 5.97. The van der Waals surface area contributed by atoms with E-state index in [1.165, 1.54) is 64.2 Å². The van der Waals surface area contributed by atoms with Crippen molar-refractivity contribution in [3.63, 3.8) is 0 Å². The van der Waals surface area contributed by atoms with Gasteiger partial charge in [-0.1, -0.05) is 84.0 Å². The van der Waals surface area contributed by atoms with Crippen LogP contribution in [-0.2, 0) is 23.8 Å². The minimum atomic E-state index is -1.59. The normalized spacial score (nSPS) is 11.7. The zero-order valence-corrected chi connectivity index (χ0v) is 18.8. The molecule has 0 heterocycles. The molecule has 0 aromatic heterocycles. The predicted molar refractivity (Wildman–Crippen MR) is 112 cm³/mol. The van der Waals surface area contributed by atoms with Crippen LogP contribution in [0.15, 0.2) is 11.5 Å². The van der Waals surface area contributed by atoms with Crippen LogP contribution in [0.25, 0.3) is 0 Å². The van der Waals surface area contributed by atoms with Gasteiger partial charge in [-0.05, 0) is 20.3 Å². The largest absolute Gasteiger partial charge is 0.541 e. The summed E-state index contributed by atoms with van der Waals surface area (Å²) in [5, 5.41) is 11.1. The van der Waals surface area contributed by atoms with E-state index in [1.807, 2.05) is 0 Å². The number of ether oxygens (including phenoxy) is 3. The van der Waals surface area contributed by atoms with Crippen molar-refractivity contribution in [2.45, 2.75) is 104 Å². The highest BCUT2D eigenvalue weighted by molar-refractivity contribution is 5.95. The summed E-state index contributed by atoms with van der Waals surface area (Å²) in [7, 11) is 0. The Labute approximate surface area is 177 Å². The maximum Gasteiger partial charge on any atom is 0.377 e. The molecule has 6 heteroatoms. The fourth-order valence-corrected chi connectivity index (χ4v) is 3.07. The molecule has 29 heavy (non-hydrogen) atoms. The lowest BCUT2D eigenvalue weighted by Gasteiger charge is -2.15. The number of carbonyl (C=O) groups is 2. The van der Waals surface area contributed by atoms with Crippen molar-refractivity contribution in [3.05, 3.63) is 11.5 Å². The van der Waals surface area contributed by atoms with E-state index in [2.05, 4.69) is 6.92 Å². The fraction of sp³-hybridized carbons (Fsp3) is 0.826. The number of carboxylic acid groups (broad SMARTS) is 1. The molecule has 0 rings (SSSR count). The maximum atomic E-state index is 12.1. The number of unbranched alkanes of at least 4 members (excludes halogenated alkanes) is 12. The van der Waals surface area contributed by atoms with Gasteiger partial charge in [0, 0.05) is 0 Å². The van der Waals surface area contributed by atoms with Gasteiger partial charge >= 0.3 is 5.97 Å². The summed E-state index contributed by atoms with van der Waals surface area (Å²) < 4.78 is 15.2. The Morgan fingerprint density at radius 3 is 1.41 bits per heavy atom. The third-order valence-electron chi connectivity index (χ3n) is 4.64. The maximum absolute atomic E-state index is 12.1. The summed E-state index contributed by atoms with van der Waals surface area (Å²) >= 11 is 0. The lowest BCUT2D eigenvalue weighted by molar-refractivity contribution is -0.303. The SMILES string of the molecule is CCCCCCCCCCCCCCCOC(=O)C(OCC)=C(OCC)C(=O)[O-]. The number of hydrogen-bond donors (Lipinski definition) is 0. The molecule has 0 aromatic rings. The number of carboxylic acids is 1. The minimum absolute atomic E-state index is 0.0893. The van der Waals surface area contributed by atoms with Gasteiger partial charge in [0.1, 0.15) is 5.97 Å². The summed E-state index contributed by atoms with van der Waals surface area (Å²) in [6.07, 6.45) is 16.1. The third-order valence-corrected chi connectivity index (χ3v) is 4.64. The molecule has 0 bridgehead atoms. The summed E-state index contributed by atoms with van der Waals surface area (Å²) in [4.78, 5) is 23.2. The second-order valence-electron chi connectivity index (χ2n) is 7.19. The van der Waals surface area contributed by atoms with Crippen molar-refractivity contribution in [1.29, 1.82) is 0 Å². The fourth-order valence-electron chi connectivity index (χ4n) is 3.07. The summed E-state index contributed by atoms with van der Waals surface area (Å²) in [5.74, 6) is -3.44. The Morgan fingerprint density at radius 2 is 1.00 bits per heavy atom. The van der Waals surface area contributed by atoms with Crippen LogP contribution >= 0.6 is 0 Å². The highest BCUT2D eigenvalue weighted by Gasteiger charge is 2.21. The molecule has 0 N–H and O–H groups in total. The Balaban J connectivity index is 3.84. The number of carbonyl (C=O) groups excluding carboxylic acids is 2. The third kappa shape index (κ3) is 14.9. The standard InChI is InChI=1S/C23H42O6/c1-4-7-8-9-10-11-12-13-14-15-16-17-18-19-29-23(26)21(28-6-3)20(22(24)25)27-5-2/h4-19H2,1-3H3,(H,24,25)/p-1. The molecule has 0 saturated heterocycles. The number of rotatable bonds is 20. The number of esters is 1. The molecule has 0 radical (unpaired) electrons. The number of hydrogen-bond acceptors (Lipinski definition) is 6. The smallest absolute Gasteiger partial charge is 0.377 e. The average Bonchev–Trinajstić information content (AvgIpc) is 2.70. The molecule has 0 aliphatic rings. The van der Waals surface area contributed by atoms with Gasteiger partial charge in [-0.15, -0.1) is 0 Å². The van der Waals surface area contributed by atoms with Crippen LogP contribution in [0.3, 0.4) is 0 Å². The van der Waals surface area contributed by atoms with Crippen molar-refractivity contribution in [2.75, 3.05) is 19.8 Å². The van der Waals surface area contributed by atoms with Crippen LogP contribution in [0.2, 0.25) is 0 Å². The van der Waals surface area contributed by atoms with Crippen molar-refractivity contribution < 1.29 is 28.9 Å². The monoisotopic (exact) mass is 413 g/mol. The van der Waals surface area contributed by atoms with Gasteiger partial charge in [-0.2, -0.15) is 0 Å². The minimum Gasteiger partial charge on any atom is -0.541 e. The van der Waals surface area contributed by atoms with E-state index < -0.39 is 23.5 Å². The Bertz CT molecular complexity index is 458. The average molecular weight is 414 g/mol. The number of aliphatic carboxylic acids is 1. The van der Waals surface area contributed by atoms with Gasteiger partial charge in [0.2, 0.25) is 5.76 Å². The van der Waals surface area contributed by atoms with E-state index in [4.69, 9.17) is 14.2 Å². The summed E-state index contributed by atoms with van der Waals surface area (Å²) in [5.41, 5.74) is 0. The molecule has 0 amide bonds. The van der Waals surface area contributed by atoms with E-state index in [0.29, 0.717) is 0 Å². The van der Waals surface area contributed by atoms with Crippen molar-refractivity contribution in [2.24, 2.45) is 0 Å². The van der Waals surface area contributed by atoms with Gasteiger partial charge < -0.3 is 24.1 Å². The molecule has 170 valence electrons. The van der Waals surface area contributed by atoms with Crippen molar-refractivity contribution in [1.82, 2.24) is 0 Å². The molecular weight excluding hydrogens is 372 g/mol. The molecule has 0 atom stereocenters. The van der Waals surface area contributed by atoms with Crippen LogP contribution < -0.4 is 5.11 Å². The van der Waals surface area contributed by atoms with Gasteiger partial charge in [0.15, 0.2) is 5.76 Å². The Morgan fingerprint density at radius 1 is 0.586 bits per heavy atom. The van der Waals surface area contributed by atoms with E-state index in [9.17, 15) is 14.7 Å². The van der Waals surface area contributed by atoms with Gasteiger partial charge in [-0.25, -0.2) is 4.79 Å². The second-order valence-corrected chi connectivity index (χ2v) is 7.19. The van der Waals surface area contributed by atoms with E-state index in [0.717, 1.165) is 19.3 Å². The van der Waals surface area contributed by atoms with Gasteiger partial charge in [-0.3, -0.25) is 0 Å². The van der Waals surface area contributed by atoms with Crippen LogP contribution in [-0.4, -0.2) is 31.8 Å². The second kappa shape index (κ2) is 19.6. The molecule has 6 nitrogen and oxygen atoms in total. The lowest BCUT2D eigenvalue weighted by atomic mass is 10.0. The van der Waals surface area contributed by atoms with Crippen LogP contribution in [0.4, 0.5) is 0 Å². The first-order valence-electron chi connectivity index (χ1n) is 11.5. The predicted octanol–water partition coefficient (Wildman–Crippen LogP) is 4.66. The first-order chi connectivity index (χ1) is 14.1. The Kier molecular flexibility index (Phi) is 18.4. The van der Waals surface area contributed by atoms with Gasteiger partial charge in [0.25, 0.3) is 0 Å². The van der Waals surface area contributed by atoms with E-state index in [1.54, 1.807) is 13.8 Å². The first-order valence-corrected chi connectivity index (χ1v) is 11.5. The van der Waals surface area contributed by atoms with Gasteiger partial charge in [0.05, 0.1) is 19.8 Å².